The van der Waals surface area contributed by atoms with Gasteiger partial charge in [0.05, 0.1) is 23.2 Å². The van der Waals surface area contributed by atoms with Crippen LogP contribution in [0.2, 0.25) is 0 Å². The Labute approximate surface area is 283 Å². The first-order chi connectivity index (χ1) is 23.3. The van der Waals surface area contributed by atoms with E-state index >= 15 is 0 Å². The number of Topliss-reactive ketones (excluding diaryl/α,β-unsaturated/α-hetero) is 2. The summed E-state index contributed by atoms with van der Waals surface area (Å²) < 4.78 is 0. The van der Waals surface area contributed by atoms with Gasteiger partial charge in [-0.1, -0.05) is 96.6 Å². The molecule has 0 fully saturated rings. The Kier molecular flexibility index (Phi) is 5.97. The lowest BCUT2D eigenvalue weighted by Crippen LogP contribution is -2.35. The van der Waals surface area contributed by atoms with Gasteiger partial charge < -0.3 is 4.90 Å². The standard InChI is InChI=1S/C43H28N2O2S/c1-24-19-25(2)39(26(3)20-24)45-38-18-17-27(44-4)21-36(38)43(34-15-9-7-11-29(34)30-12-8-10-16-35(30)43)37-23-28(48-42(37)45)22-33-40(46)31-13-5-6-14-32(31)41(33)47/h5-23H,1-3H3. The van der Waals surface area contributed by atoms with Crippen molar-refractivity contribution >= 4 is 51.0 Å². The number of carbonyl (C=O) groups excluding carboxylic acids is 2. The molecule has 4 nitrogen and oxygen atoms in total. The van der Waals surface area contributed by atoms with E-state index < -0.39 is 5.41 Å². The molecule has 1 aliphatic heterocycles. The summed E-state index contributed by atoms with van der Waals surface area (Å²) in [5.74, 6) is -0.472. The minimum atomic E-state index is -0.721. The van der Waals surface area contributed by atoms with E-state index in [-0.39, 0.29) is 17.1 Å². The molecular formula is C43H28N2O2S. The van der Waals surface area contributed by atoms with Crippen molar-refractivity contribution in [1.29, 1.82) is 0 Å². The van der Waals surface area contributed by atoms with E-state index in [4.69, 9.17) is 6.57 Å². The van der Waals surface area contributed by atoms with Crippen LogP contribution in [-0.4, -0.2) is 11.6 Å². The number of hydrogen-bond acceptors (Lipinski definition) is 4. The number of nitrogens with zero attached hydrogens (tertiary/aromatic N) is 2. The molecule has 0 N–H and O–H groups in total. The van der Waals surface area contributed by atoms with Crippen LogP contribution in [0, 0.1) is 27.3 Å². The molecule has 2 heterocycles. The average Bonchev–Trinajstić information content (AvgIpc) is 3.72. The van der Waals surface area contributed by atoms with E-state index in [1.807, 2.05) is 6.07 Å². The summed E-state index contributed by atoms with van der Waals surface area (Å²) in [6.45, 7) is 14.4. The third kappa shape index (κ3) is 3.64. The largest absolute Gasteiger partial charge is 0.301 e. The molecule has 0 bridgehead atoms. The van der Waals surface area contributed by atoms with Crippen molar-refractivity contribution in [2.45, 2.75) is 26.2 Å². The van der Waals surface area contributed by atoms with Crippen molar-refractivity contribution in [2.75, 3.05) is 4.90 Å². The zero-order chi connectivity index (χ0) is 32.9. The lowest BCUT2D eigenvalue weighted by molar-refractivity contribution is 0.0990. The lowest BCUT2D eigenvalue weighted by Gasteiger charge is -2.44. The number of fused-ring (bicyclic) bond motifs is 10. The van der Waals surface area contributed by atoms with Crippen molar-refractivity contribution in [3.05, 3.63) is 181 Å². The van der Waals surface area contributed by atoms with Crippen molar-refractivity contribution in [2.24, 2.45) is 0 Å². The van der Waals surface area contributed by atoms with Gasteiger partial charge in [0.15, 0.2) is 17.3 Å². The van der Waals surface area contributed by atoms with Crippen LogP contribution in [-0.2, 0) is 5.41 Å². The van der Waals surface area contributed by atoms with Gasteiger partial charge in [0.1, 0.15) is 5.00 Å². The van der Waals surface area contributed by atoms with Crippen molar-refractivity contribution in [1.82, 2.24) is 0 Å². The number of carbonyl (C=O) groups is 2. The molecule has 1 spiro atoms. The summed E-state index contributed by atoms with van der Waals surface area (Å²) in [6, 6.07) is 36.9. The highest BCUT2D eigenvalue weighted by molar-refractivity contribution is 7.17. The predicted octanol–water partition coefficient (Wildman–Crippen LogP) is 10.8. The summed E-state index contributed by atoms with van der Waals surface area (Å²) in [5.41, 5.74) is 13.3. The van der Waals surface area contributed by atoms with Gasteiger partial charge in [0.25, 0.3) is 0 Å². The highest BCUT2D eigenvalue weighted by Gasteiger charge is 2.53. The molecule has 228 valence electrons. The summed E-state index contributed by atoms with van der Waals surface area (Å²) in [6.07, 6.45) is 1.79. The van der Waals surface area contributed by atoms with Crippen LogP contribution in [0.4, 0.5) is 22.1 Å². The minimum absolute atomic E-state index is 0.193. The average molecular weight is 637 g/mol. The third-order valence-corrected chi connectivity index (χ3v) is 11.2. The van der Waals surface area contributed by atoms with Crippen LogP contribution in [0.1, 0.15) is 64.5 Å². The van der Waals surface area contributed by atoms with E-state index in [9.17, 15) is 9.59 Å². The smallest absolute Gasteiger partial charge is 0.197 e. The van der Waals surface area contributed by atoms with Crippen LogP contribution in [0.3, 0.4) is 0 Å². The van der Waals surface area contributed by atoms with Gasteiger partial charge in [0, 0.05) is 27.3 Å². The monoisotopic (exact) mass is 636 g/mol. The fraction of sp³-hybridized carbons (Fsp3) is 0.0930. The van der Waals surface area contributed by atoms with E-state index in [1.54, 1.807) is 41.7 Å². The number of anilines is 3. The second-order valence-corrected chi connectivity index (χ2v) is 13.9. The van der Waals surface area contributed by atoms with E-state index in [0.717, 1.165) is 65.8 Å². The normalized spacial score (nSPS) is 14.7. The highest BCUT2D eigenvalue weighted by atomic mass is 32.1. The number of aryl methyl sites for hydroxylation is 3. The maximum atomic E-state index is 13.6. The minimum Gasteiger partial charge on any atom is -0.301 e. The first-order valence-electron chi connectivity index (χ1n) is 16.0. The Morgan fingerprint density at radius 1 is 0.667 bits per heavy atom. The van der Waals surface area contributed by atoms with Crippen LogP contribution in [0.25, 0.3) is 22.0 Å². The van der Waals surface area contributed by atoms with Gasteiger partial charge >= 0.3 is 0 Å². The van der Waals surface area contributed by atoms with Crippen molar-refractivity contribution in [3.63, 3.8) is 0 Å². The summed E-state index contributed by atoms with van der Waals surface area (Å²) in [4.78, 5) is 34.2. The second-order valence-electron chi connectivity index (χ2n) is 12.9. The molecular weight excluding hydrogens is 609 g/mol. The molecule has 0 amide bonds. The Morgan fingerprint density at radius 3 is 1.81 bits per heavy atom. The van der Waals surface area contributed by atoms with Gasteiger partial charge in [-0.3, -0.25) is 9.59 Å². The summed E-state index contributed by atoms with van der Waals surface area (Å²) >= 11 is 1.60. The fourth-order valence-electron chi connectivity index (χ4n) is 8.36. The first kappa shape index (κ1) is 28.4. The molecule has 0 saturated carbocycles. The molecule has 6 aromatic rings. The fourth-order valence-corrected chi connectivity index (χ4v) is 9.54. The lowest BCUT2D eigenvalue weighted by atomic mass is 9.65. The van der Waals surface area contributed by atoms with E-state index in [0.29, 0.717) is 16.8 Å². The third-order valence-electron chi connectivity index (χ3n) is 10.1. The quantitative estimate of drug-likeness (QED) is 0.108. The molecule has 1 aromatic heterocycles. The number of allylic oxidation sites excluding steroid dienone is 1. The number of ketones is 2. The number of rotatable bonds is 2. The van der Waals surface area contributed by atoms with Gasteiger partial charge in [-0.05, 0) is 84.0 Å². The van der Waals surface area contributed by atoms with Crippen LogP contribution >= 0.6 is 11.3 Å². The zero-order valence-electron chi connectivity index (χ0n) is 26.6. The zero-order valence-corrected chi connectivity index (χ0v) is 27.4. The Bertz CT molecular complexity index is 2400. The molecule has 2 aliphatic carbocycles. The molecule has 0 atom stereocenters. The second kappa shape index (κ2) is 10.1. The molecule has 0 radical (unpaired) electrons. The number of thiophene rings is 1. The summed E-state index contributed by atoms with van der Waals surface area (Å²) in [7, 11) is 0. The molecule has 0 unspecified atom stereocenters. The van der Waals surface area contributed by atoms with E-state index in [1.165, 1.54) is 5.56 Å². The van der Waals surface area contributed by atoms with E-state index in [2.05, 4.69) is 109 Å². The Morgan fingerprint density at radius 2 is 1.23 bits per heavy atom. The van der Waals surface area contributed by atoms with Crippen LogP contribution < -0.4 is 4.90 Å². The van der Waals surface area contributed by atoms with Crippen molar-refractivity contribution < 1.29 is 9.59 Å². The molecule has 9 rings (SSSR count). The number of hydrogen-bond donors (Lipinski definition) is 0. The predicted molar refractivity (Wildman–Crippen MR) is 193 cm³/mol. The molecule has 5 aromatic carbocycles. The van der Waals surface area contributed by atoms with Crippen molar-refractivity contribution in [3.8, 4) is 11.1 Å². The van der Waals surface area contributed by atoms with Gasteiger partial charge in [-0.25, -0.2) is 4.85 Å². The van der Waals surface area contributed by atoms with Gasteiger partial charge in [-0.15, -0.1) is 11.3 Å². The van der Waals surface area contributed by atoms with Crippen LogP contribution in [0.15, 0.2) is 115 Å². The number of benzene rings is 5. The Balaban J connectivity index is 1.41. The van der Waals surface area contributed by atoms with Gasteiger partial charge in [0.2, 0.25) is 0 Å². The molecule has 0 saturated heterocycles. The van der Waals surface area contributed by atoms with Gasteiger partial charge in [-0.2, -0.15) is 0 Å². The molecule has 5 heteroatoms. The SMILES string of the molecule is [C-]#[N+]c1ccc2c(c1)C1(c3ccccc3-c3ccccc31)c1cc(C=C3C(=O)c4ccccc4C3=O)sc1N2c1c(C)cc(C)cc1C. The molecule has 3 aliphatic rings. The van der Waals surface area contributed by atoms with Crippen LogP contribution in [0.5, 0.6) is 0 Å². The molecule has 48 heavy (non-hydrogen) atoms. The summed E-state index contributed by atoms with van der Waals surface area (Å²) in [5, 5.41) is 1.03. The Hall–Kier alpha value is -5.83. The topological polar surface area (TPSA) is 41.7 Å². The maximum Gasteiger partial charge on any atom is 0.197 e. The first-order valence-corrected chi connectivity index (χ1v) is 16.8. The highest BCUT2D eigenvalue weighted by Crippen LogP contribution is 2.65. The maximum absolute atomic E-state index is 13.6.